The van der Waals surface area contributed by atoms with E-state index in [-0.39, 0.29) is 0 Å². The Balaban J connectivity index is 1.86. The van der Waals surface area contributed by atoms with Crippen molar-refractivity contribution in [2.45, 2.75) is 32.1 Å². The molecule has 102 valence electrons. The maximum Gasteiger partial charge on any atom is 0.137 e. The van der Waals surface area contributed by atoms with Crippen LogP contribution in [0.2, 0.25) is 0 Å². The highest BCUT2D eigenvalue weighted by Gasteiger charge is 2.23. The normalized spacial score (nSPS) is 15.7. The fourth-order valence-electron chi connectivity index (χ4n) is 3.10. The fourth-order valence-corrected chi connectivity index (χ4v) is 3.10. The van der Waals surface area contributed by atoms with Crippen molar-refractivity contribution in [3.8, 4) is 11.3 Å². The van der Waals surface area contributed by atoms with Gasteiger partial charge in [-0.05, 0) is 42.9 Å². The average molecular weight is 266 g/mol. The van der Waals surface area contributed by atoms with Gasteiger partial charge < -0.3 is 4.98 Å². The standard InChI is InChI=1S/C16H18N4/c1-10-9-20(2)19-15(10)12-6-13-14(11-4-3-5-11)8-18-16(13)17-7-12/h6-9,11H,3-5H2,1-2H3,(H,17,18). The molecule has 3 aromatic heterocycles. The van der Waals surface area contributed by atoms with Crippen LogP contribution in [-0.4, -0.2) is 19.7 Å². The summed E-state index contributed by atoms with van der Waals surface area (Å²) in [4.78, 5) is 7.86. The largest absolute Gasteiger partial charge is 0.346 e. The number of hydrogen-bond acceptors (Lipinski definition) is 2. The lowest BCUT2D eigenvalue weighted by Crippen LogP contribution is -2.07. The number of aryl methyl sites for hydroxylation is 2. The number of aromatic nitrogens is 4. The molecule has 4 rings (SSSR count). The first-order chi connectivity index (χ1) is 9.72. The molecule has 0 unspecified atom stereocenters. The number of H-pyrrole nitrogens is 1. The Morgan fingerprint density at radius 2 is 2.20 bits per heavy atom. The molecular formula is C16H18N4. The third-order valence-corrected chi connectivity index (χ3v) is 4.39. The van der Waals surface area contributed by atoms with E-state index < -0.39 is 0 Å². The minimum Gasteiger partial charge on any atom is -0.346 e. The lowest BCUT2D eigenvalue weighted by atomic mass is 9.80. The van der Waals surface area contributed by atoms with E-state index in [1.54, 1.807) is 0 Å². The van der Waals surface area contributed by atoms with Crippen LogP contribution in [0.25, 0.3) is 22.3 Å². The quantitative estimate of drug-likeness (QED) is 0.771. The topological polar surface area (TPSA) is 46.5 Å². The summed E-state index contributed by atoms with van der Waals surface area (Å²) in [6, 6.07) is 2.24. The zero-order valence-electron chi connectivity index (χ0n) is 11.8. The number of aromatic amines is 1. The number of rotatable bonds is 2. The maximum atomic E-state index is 4.56. The predicted octanol–water partition coefficient (Wildman–Crippen LogP) is 3.54. The second-order valence-corrected chi connectivity index (χ2v) is 5.83. The molecule has 0 saturated heterocycles. The highest BCUT2D eigenvalue weighted by molar-refractivity contribution is 5.85. The SMILES string of the molecule is Cc1cn(C)nc1-c1cnc2[nH]cc(C3CCC3)c2c1. The van der Waals surface area contributed by atoms with Crippen molar-refractivity contribution >= 4 is 11.0 Å². The first-order valence-corrected chi connectivity index (χ1v) is 7.20. The van der Waals surface area contributed by atoms with Crippen LogP contribution in [-0.2, 0) is 7.05 Å². The molecule has 0 bridgehead atoms. The summed E-state index contributed by atoms with van der Waals surface area (Å²) in [5.74, 6) is 0.714. The van der Waals surface area contributed by atoms with Gasteiger partial charge in [0.1, 0.15) is 5.65 Å². The second-order valence-electron chi connectivity index (χ2n) is 5.83. The van der Waals surface area contributed by atoms with E-state index in [0.717, 1.165) is 16.9 Å². The van der Waals surface area contributed by atoms with E-state index in [2.05, 4.69) is 34.3 Å². The molecule has 0 radical (unpaired) electrons. The molecule has 1 N–H and O–H groups in total. The summed E-state index contributed by atoms with van der Waals surface area (Å²) in [5, 5.41) is 5.81. The molecule has 0 aliphatic heterocycles. The Kier molecular flexibility index (Phi) is 2.46. The maximum absolute atomic E-state index is 4.56. The van der Waals surface area contributed by atoms with Gasteiger partial charge in [0.15, 0.2) is 0 Å². The number of hydrogen-bond donors (Lipinski definition) is 1. The van der Waals surface area contributed by atoms with Crippen LogP contribution in [0, 0.1) is 6.92 Å². The van der Waals surface area contributed by atoms with E-state index >= 15 is 0 Å². The molecule has 0 aromatic carbocycles. The molecule has 1 aliphatic rings. The van der Waals surface area contributed by atoms with Crippen molar-refractivity contribution in [3.05, 3.63) is 35.8 Å². The third-order valence-electron chi connectivity index (χ3n) is 4.39. The lowest BCUT2D eigenvalue weighted by molar-refractivity contribution is 0.422. The highest BCUT2D eigenvalue weighted by atomic mass is 15.2. The number of pyridine rings is 1. The Bertz CT molecular complexity index is 777. The van der Waals surface area contributed by atoms with Gasteiger partial charge in [-0.25, -0.2) is 4.98 Å². The summed E-state index contributed by atoms with van der Waals surface area (Å²) in [6.07, 6.45) is 10.1. The zero-order chi connectivity index (χ0) is 13.7. The van der Waals surface area contributed by atoms with E-state index in [9.17, 15) is 0 Å². The van der Waals surface area contributed by atoms with Crippen LogP contribution in [0.3, 0.4) is 0 Å². The molecule has 3 aromatic rings. The van der Waals surface area contributed by atoms with Gasteiger partial charge in [0.25, 0.3) is 0 Å². The molecule has 0 spiro atoms. The smallest absolute Gasteiger partial charge is 0.137 e. The molecule has 4 nitrogen and oxygen atoms in total. The van der Waals surface area contributed by atoms with Crippen molar-refractivity contribution in [3.63, 3.8) is 0 Å². The van der Waals surface area contributed by atoms with Gasteiger partial charge in [-0.3, -0.25) is 4.68 Å². The van der Waals surface area contributed by atoms with Crippen LogP contribution < -0.4 is 0 Å². The Morgan fingerprint density at radius 1 is 1.35 bits per heavy atom. The first-order valence-electron chi connectivity index (χ1n) is 7.20. The number of nitrogens with one attached hydrogen (secondary N) is 1. The highest BCUT2D eigenvalue weighted by Crippen LogP contribution is 2.40. The molecular weight excluding hydrogens is 248 g/mol. The Morgan fingerprint density at radius 3 is 2.85 bits per heavy atom. The van der Waals surface area contributed by atoms with Crippen LogP contribution in [0.4, 0.5) is 0 Å². The van der Waals surface area contributed by atoms with Crippen LogP contribution in [0.5, 0.6) is 0 Å². The summed E-state index contributed by atoms with van der Waals surface area (Å²) in [6.45, 7) is 2.09. The number of fused-ring (bicyclic) bond motifs is 1. The molecule has 1 saturated carbocycles. The number of nitrogens with zero attached hydrogens (tertiary/aromatic N) is 3. The molecule has 3 heterocycles. The monoisotopic (exact) mass is 266 g/mol. The van der Waals surface area contributed by atoms with Crippen LogP contribution >= 0.6 is 0 Å². The zero-order valence-corrected chi connectivity index (χ0v) is 11.8. The molecule has 4 heteroatoms. The third kappa shape index (κ3) is 1.68. The lowest BCUT2D eigenvalue weighted by Gasteiger charge is -2.24. The molecule has 0 atom stereocenters. The van der Waals surface area contributed by atoms with E-state index in [4.69, 9.17) is 0 Å². The van der Waals surface area contributed by atoms with Crippen molar-refractivity contribution in [1.29, 1.82) is 0 Å². The van der Waals surface area contributed by atoms with Crippen molar-refractivity contribution in [2.75, 3.05) is 0 Å². The Hall–Kier alpha value is -2.10. The van der Waals surface area contributed by atoms with Gasteiger partial charge in [0.2, 0.25) is 0 Å². The summed E-state index contributed by atoms with van der Waals surface area (Å²) >= 11 is 0. The van der Waals surface area contributed by atoms with Crippen LogP contribution in [0.1, 0.15) is 36.3 Å². The average Bonchev–Trinajstić information content (AvgIpc) is 2.91. The second kappa shape index (κ2) is 4.20. The predicted molar refractivity (Wildman–Crippen MR) is 79.6 cm³/mol. The van der Waals surface area contributed by atoms with Crippen LogP contribution in [0.15, 0.2) is 24.7 Å². The first kappa shape index (κ1) is 11.7. The van der Waals surface area contributed by atoms with Gasteiger partial charge >= 0.3 is 0 Å². The fraction of sp³-hybridized carbons (Fsp3) is 0.375. The Labute approximate surface area is 117 Å². The summed E-state index contributed by atoms with van der Waals surface area (Å²) < 4.78 is 1.86. The van der Waals surface area contributed by atoms with Gasteiger partial charge in [-0.15, -0.1) is 0 Å². The van der Waals surface area contributed by atoms with Gasteiger partial charge in [0, 0.05) is 36.6 Å². The van der Waals surface area contributed by atoms with Gasteiger partial charge in [-0.2, -0.15) is 5.10 Å². The molecule has 0 amide bonds. The molecule has 1 aliphatic carbocycles. The summed E-state index contributed by atoms with van der Waals surface area (Å²) in [5.41, 5.74) is 5.74. The minimum atomic E-state index is 0.714. The van der Waals surface area contributed by atoms with Crippen molar-refractivity contribution in [2.24, 2.45) is 7.05 Å². The van der Waals surface area contributed by atoms with Gasteiger partial charge in [-0.1, -0.05) is 6.42 Å². The minimum absolute atomic E-state index is 0.714. The van der Waals surface area contributed by atoms with E-state index in [1.807, 2.05) is 24.1 Å². The summed E-state index contributed by atoms with van der Waals surface area (Å²) in [7, 11) is 1.96. The van der Waals surface area contributed by atoms with E-state index in [0.29, 0.717) is 5.92 Å². The van der Waals surface area contributed by atoms with E-state index in [1.165, 1.54) is 35.8 Å². The van der Waals surface area contributed by atoms with Crippen molar-refractivity contribution in [1.82, 2.24) is 19.7 Å². The van der Waals surface area contributed by atoms with Crippen molar-refractivity contribution < 1.29 is 0 Å². The molecule has 1 fully saturated rings. The molecule has 20 heavy (non-hydrogen) atoms. The van der Waals surface area contributed by atoms with Gasteiger partial charge in [0.05, 0.1) is 5.69 Å².